The van der Waals surface area contributed by atoms with Gasteiger partial charge < -0.3 is 0 Å². The molecular formula is C17H13ClFN3O2S. The SMILES string of the molecule is [2H]C1(C)c2cn[nH]c2-c2cc(F)ccc2N1S(=O)(=O)c1ccc(Cl)cc1. The zero-order chi connectivity index (χ0) is 18.7. The Bertz CT molecular complexity index is 1110. The molecule has 3 aromatic rings. The smallest absolute Gasteiger partial charge is 0.264 e. The second-order valence-electron chi connectivity index (χ2n) is 5.63. The molecule has 0 aliphatic carbocycles. The van der Waals surface area contributed by atoms with Crippen molar-refractivity contribution < 1.29 is 14.2 Å². The molecule has 4 rings (SSSR count). The normalized spacial score (nSPS) is 20.0. The number of aromatic nitrogens is 2. The van der Waals surface area contributed by atoms with E-state index in [1.165, 1.54) is 55.6 Å². The van der Waals surface area contributed by atoms with Gasteiger partial charge in [-0.05, 0) is 49.4 Å². The summed E-state index contributed by atoms with van der Waals surface area (Å²) in [6, 6.07) is 7.76. The van der Waals surface area contributed by atoms with Crippen molar-refractivity contribution in [2.24, 2.45) is 0 Å². The van der Waals surface area contributed by atoms with Gasteiger partial charge in [-0.2, -0.15) is 5.10 Å². The molecule has 1 unspecified atom stereocenters. The van der Waals surface area contributed by atoms with Crippen LogP contribution in [-0.4, -0.2) is 18.6 Å². The second-order valence-corrected chi connectivity index (χ2v) is 7.85. The summed E-state index contributed by atoms with van der Waals surface area (Å²) in [5.41, 5.74) is 1.31. The van der Waals surface area contributed by atoms with Crippen LogP contribution in [0.3, 0.4) is 0 Å². The van der Waals surface area contributed by atoms with Crippen LogP contribution in [0.2, 0.25) is 5.02 Å². The number of aromatic amines is 1. The highest BCUT2D eigenvalue weighted by Gasteiger charge is 2.38. The zero-order valence-electron chi connectivity index (χ0n) is 14.0. The Morgan fingerprint density at radius 1 is 1.28 bits per heavy atom. The monoisotopic (exact) mass is 378 g/mol. The van der Waals surface area contributed by atoms with Gasteiger partial charge in [-0.25, -0.2) is 12.8 Å². The van der Waals surface area contributed by atoms with Gasteiger partial charge >= 0.3 is 0 Å². The van der Waals surface area contributed by atoms with Crippen LogP contribution in [0.15, 0.2) is 53.6 Å². The summed E-state index contributed by atoms with van der Waals surface area (Å²) in [5.74, 6) is -0.512. The third kappa shape index (κ3) is 2.42. The molecule has 0 amide bonds. The van der Waals surface area contributed by atoms with Crippen LogP contribution in [-0.2, 0) is 10.0 Å². The lowest BCUT2D eigenvalue weighted by Gasteiger charge is -2.35. The third-order valence-corrected chi connectivity index (χ3v) is 6.20. The van der Waals surface area contributed by atoms with Crippen molar-refractivity contribution in [2.75, 3.05) is 4.31 Å². The highest BCUT2D eigenvalue weighted by molar-refractivity contribution is 7.92. The molecule has 0 radical (unpaired) electrons. The first-order chi connectivity index (χ1) is 12.2. The van der Waals surface area contributed by atoms with Gasteiger partial charge in [0.15, 0.2) is 0 Å². The molecule has 2 heterocycles. The first kappa shape index (κ1) is 14.9. The lowest BCUT2D eigenvalue weighted by molar-refractivity contribution is 0.581. The van der Waals surface area contributed by atoms with E-state index in [0.717, 1.165) is 4.31 Å². The van der Waals surface area contributed by atoms with Gasteiger partial charge in [0.2, 0.25) is 0 Å². The van der Waals surface area contributed by atoms with Gasteiger partial charge in [-0.15, -0.1) is 0 Å². The molecule has 1 aromatic heterocycles. The van der Waals surface area contributed by atoms with Gasteiger partial charge in [0.25, 0.3) is 10.0 Å². The maximum Gasteiger partial charge on any atom is 0.264 e. The Morgan fingerprint density at radius 2 is 2.00 bits per heavy atom. The average molecular weight is 379 g/mol. The summed E-state index contributed by atoms with van der Waals surface area (Å²) >= 11 is 5.85. The fourth-order valence-corrected chi connectivity index (χ4v) is 4.66. The Labute approximate surface area is 150 Å². The van der Waals surface area contributed by atoms with Gasteiger partial charge in [0.05, 0.1) is 29.9 Å². The zero-order valence-corrected chi connectivity index (χ0v) is 14.6. The maximum absolute atomic E-state index is 13.8. The van der Waals surface area contributed by atoms with Gasteiger partial charge in [-0.3, -0.25) is 9.40 Å². The Kier molecular flexibility index (Phi) is 3.33. The molecular weight excluding hydrogens is 365 g/mol. The average Bonchev–Trinajstić information content (AvgIpc) is 3.07. The summed E-state index contributed by atoms with van der Waals surface area (Å²) < 4.78 is 50.2. The number of sulfonamides is 1. The number of nitrogens with zero attached hydrogens (tertiary/aromatic N) is 2. The highest BCUT2D eigenvalue weighted by atomic mass is 35.5. The van der Waals surface area contributed by atoms with Crippen LogP contribution >= 0.6 is 11.6 Å². The van der Waals surface area contributed by atoms with Crippen LogP contribution in [0.25, 0.3) is 11.3 Å². The van der Waals surface area contributed by atoms with E-state index in [0.29, 0.717) is 21.8 Å². The largest absolute Gasteiger partial charge is 0.277 e. The Hall–Kier alpha value is -2.38. The number of H-pyrrole nitrogens is 1. The summed E-state index contributed by atoms with van der Waals surface area (Å²) in [4.78, 5) is -0.0115. The predicted molar refractivity (Wildman–Crippen MR) is 93.5 cm³/mol. The molecule has 1 atom stereocenters. The summed E-state index contributed by atoms with van der Waals surface area (Å²) in [6.07, 6.45) is 1.39. The summed E-state index contributed by atoms with van der Waals surface area (Å²) in [6.45, 7) is 1.46. The molecule has 0 saturated heterocycles. The van der Waals surface area contributed by atoms with E-state index in [1.807, 2.05) is 0 Å². The number of nitrogens with one attached hydrogen (secondary N) is 1. The lowest BCUT2D eigenvalue weighted by atomic mass is 9.97. The minimum absolute atomic E-state index is 0.0115. The summed E-state index contributed by atoms with van der Waals surface area (Å²) in [5, 5.41) is 7.06. The van der Waals surface area contributed by atoms with Crippen molar-refractivity contribution in [1.29, 1.82) is 0 Å². The van der Waals surface area contributed by atoms with Crippen LogP contribution in [0.1, 0.15) is 19.9 Å². The minimum atomic E-state index is -4.11. The molecule has 1 aliphatic rings. The first-order valence-electron chi connectivity index (χ1n) is 7.88. The van der Waals surface area contributed by atoms with Gasteiger partial charge in [0.1, 0.15) is 5.82 Å². The molecule has 8 heteroatoms. The Balaban J connectivity index is 2.01. The van der Waals surface area contributed by atoms with E-state index in [4.69, 9.17) is 13.0 Å². The van der Waals surface area contributed by atoms with E-state index in [1.54, 1.807) is 0 Å². The Morgan fingerprint density at radius 3 is 2.72 bits per heavy atom. The molecule has 25 heavy (non-hydrogen) atoms. The molecule has 0 bridgehead atoms. The molecule has 128 valence electrons. The van der Waals surface area contributed by atoms with Crippen molar-refractivity contribution in [2.45, 2.75) is 17.8 Å². The second kappa shape index (κ2) is 5.57. The standard InChI is InChI=1S/C17H13ClFN3O2S/c1-10-15-9-20-21-17(15)14-8-12(19)4-7-16(14)22(10)25(23,24)13-5-2-11(18)3-6-13/h2-10H,1H3,(H,20,21)/i10D. The quantitative estimate of drug-likeness (QED) is 0.728. The van der Waals surface area contributed by atoms with Crippen molar-refractivity contribution in [1.82, 2.24) is 10.2 Å². The molecule has 0 spiro atoms. The third-order valence-electron chi connectivity index (χ3n) is 4.13. The molecule has 1 aliphatic heterocycles. The highest BCUT2D eigenvalue weighted by Crippen LogP contribution is 2.46. The van der Waals surface area contributed by atoms with Crippen LogP contribution in [0, 0.1) is 5.82 Å². The fraction of sp³-hybridized carbons (Fsp3) is 0.118. The minimum Gasteiger partial charge on any atom is -0.277 e. The maximum atomic E-state index is 13.8. The number of fused-ring (bicyclic) bond motifs is 3. The van der Waals surface area contributed by atoms with Crippen molar-refractivity contribution in [3.8, 4) is 11.3 Å². The molecule has 0 fully saturated rings. The lowest BCUT2D eigenvalue weighted by Crippen LogP contribution is -2.36. The van der Waals surface area contributed by atoms with Crippen molar-refractivity contribution in [3.05, 3.63) is 65.1 Å². The molecule has 0 saturated carbocycles. The van der Waals surface area contributed by atoms with Gasteiger partial charge in [-0.1, -0.05) is 11.6 Å². The first-order valence-corrected chi connectivity index (χ1v) is 9.19. The van der Waals surface area contributed by atoms with Crippen LogP contribution in [0.4, 0.5) is 10.1 Å². The topological polar surface area (TPSA) is 66.1 Å². The van der Waals surface area contributed by atoms with Crippen LogP contribution in [0.5, 0.6) is 0 Å². The number of benzene rings is 2. The molecule has 5 nitrogen and oxygen atoms in total. The predicted octanol–water partition coefficient (Wildman–Crippen LogP) is 4.14. The van der Waals surface area contributed by atoms with Gasteiger partial charge in [0, 0.05) is 16.1 Å². The number of hydrogen-bond acceptors (Lipinski definition) is 3. The fourth-order valence-electron chi connectivity index (χ4n) is 2.96. The number of rotatable bonds is 2. The van der Waals surface area contributed by atoms with Crippen molar-refractivity contribution >= 4 is 27.3 Å². The number of hydrogen-bond donors (Lipinski definition) is 1. The number of halogens is 2. The molecule has 2 aromatic carbocycles. The summed E-state index contributed by atoms with van der Waals surface area (Å²) in [7, 11) is -4.11. The van der Waals surface area contributed by atoms with Crippen LogP contribution < -0.4 is 4.31 Å². The van der Waals surface area contributed by atoms with E-state index in [-0.39, 0.29) is 10.6 Å². The van der Waals surface area contributed by atoms with Crippen molar-refractivity contribution in [3.63, 3.8) is 0 Å². The van der Waals surface area contributed by atoms with E-state index >= 15 is 0 Å². The number of anilines is 1. The molecule has 1 N–H and O–H groups in total. The van der Waals surface area contributed by atoms with E-state index in [2.05, 4.69) is 10.2 Å². The van der Waals surface area contributed by atoms with E-state index < -0.39 is 21.9 Å². The van der Waals surface area contributed by atoms with E-state index in [9.17, 15) is 12.8 Å².